The lowest BCUT2D eigenvalue weighted by molar-refractivity contribution is -0.136. The highest BCUT2D eigenvalue weighted by atomic mass is 79.9. The van der Waals surface area contributed by atoms with Crippen LogP contribution in [0.1, 0.15) is 34.0 Å². The molecule has 3 rings (SSSR count). The van der Waals surface area contributed by atoms with Crippen LogP contribution in [0.2, 0.25) is 0 Å². The van der Waals surface area contributed by atoms with Crippen LogP contribution in [0.25, 0.3) is 0 Å². The van der Waals surface area contributed by atoms with Crippen molar-refractivity contribution < 1.29 is 19.1 Å². The van der Waals surface area contributed by atoms with Crippen molar-refractivity contribution in [3.63, 3.8) is 0 Å². The van der Waals surface area contributed by atoms with E-state index in [0.717, 1.165) is 15.6 Å². The molecule has 8 heteroatoms. The average Bonchev–Trinajstić information content (AvgIpc) is 2.79. The number of esters is 1. The van der Waals surface area contributed by atoms with Crippen molar-refractivity contribution in [2.75, 3.05) is 5.32 Å². The van der Waals surface area contributed by atoms with Gasteiger partial charge < -0.3 is 10.1 Å². The summed E-state index contributed by atoms with van der Waals surface area (Å²) in [6.07, 6.45) is 0. The maximum atomic E-state index is 12.3. The van der Waals surface area contributed by atoms with Gasteiger partial charge in [0.15, 0.2) is 0 Å². The molecule has 33 heavy (non-hydrogen) atoms. The zero-order valence-corrected chi connectivity index (χ0v) is 19.9. The third kappa shape index (κ3) is 6.60. The largest absolute Gasteiger partial charge is 0.423 e. The van der Waals surface area contributed by atoms with Crippen molar-refractivity contribution in [3.05, 3.63) is 93.5 Å². The first kappa shape index (κ1) is 23.9. The molecule has 0 heterocycles. The van der Waals surface area contributed by atoms with Gasteiger partial charge in [0.05, 0.1) is 11.3 Å². The lowest BCUT2D eigenvalue weighted by Crippen LogP contribution is -2.33. The predicted octanol–water partition coefficient (Wildman–Crippen LogP) is 4.76. The number of anilines is 1. The van der Waals surface area contributed by atoms with Crippen LogP contribution in [-0.4, -0.2) is 23.5 Å². The number of carbonyl (C=O) groups excluding carboxylic acids is 3. The number of ether oxygens (including phenoxy) is 1. The van der Waals surface area contributed by atoms with Gasteiger partial charge in [-0.15, -0.1) is 0 Å². The summed E-state index contributed by atoms with van der Waals surface area (Å²) >= 11 is 3.35. The molecule has 0 fully saturated rings. The number of benzene rings is 3. The second-order valence-corrected chi connectivity index (χ2v) is 8.25. The third-order valence-corrected chi connectivity index (χ3v) is 5.20. The second-order valence-electron chi connectivity index (χ2n) is 7.33. The van der Waals surface area contributed by atoms with E-state index in [4.69, 9.17) is 4.74 Å². The van der Waals surface area contributed by atoms with Gasteiger partial charge in [-0.05, 0) is 86.5 Å². The van der Waals surface area contributed by atoms with Crippen molar-refractivity contribution in [1.29, 1.82) is 0 Å². The molecular weight excluding hydrogens is 486 g/mol. The van der Waals surface area contributed by atoms with E-state index >= 15 is 0 Å². The fourth-order valence-electron chi connectivity index (χ4n) is 2.90. The van der Waals surface area contributed by atoms with Gasteiger partial charge in [0.1, 0.15) is 5.75 Å². The first-order valence-corrected chi connectivity index (χ1v) is 10.8. The maximum Gasteiger partial charge on any atom is 0.343 e. The number of hydrogen-bond donors (Lipinski definition) is 2. The van der Waals surface area contributed by atoms with E-state index in [1.165, 1.54) is 0 Å². The van der Waals surface area contributed by atoms with Gasteiger partial charge in [-0.2, -0.15) is 5.10 Å². The predicted molar refractivity (Wildman–Crippen MR) is 130 cm³/mol. The van der Waals surface area contributed by atoms with Crippen molar-refractivity contribution in [1.82, 2.24) is 5.43 Å². The number of nitrogens with zero attached hydrogens (tertiary/aromatic N) is 1. The Labute approximate surface area is 200 Å². The summed E-state index contributed by atoms with van der Waals surface area (Å²) in [5, 5.41) is 6.54. The number of aryl methyl sites for hydroxylation is 2. The molecule has 0 radical (unpaired) electrons. The summed E-state index contributed by atoms with van der Waals surface area (Å²) in [4.78, 5) is 36.5. The van der Waals surface area contributed by atoms with Gasteiger partial charge in [0.2, 0.25) is 0 Å². The monoisotopic (exact) mass is 507 g/mol. The molecule has 0 aliphatic rings. The number of rotatable bonds is 5. The van der Waals surface area contributed by atoms with Crippen LogP contribution in [-0.2, 0) is 9.59 Å². The summed E-state index contributed by atoms with van der Waals surface area (Å²) in [6, 6.07) is 19.1. The van der Waals surface area contributed by atoms with Gasteiger partial charge in [0.25, 0.3) is 0 Å². The Hall–Kier alpha value is -3.78. The Kier molecular flexibility index (Phi) is 7.74. The molecule has 2 N–H and O–H groups in total. The summed E-state index contributed by atoms with van der Waals surface area (Å²) in [5.41, 5.74) is 6.20. The van der Waals surface area contributed by atoms with E-state index in [0.29, 0.717) is 28.3 Å². The number of nitrogens with one attached hydrogen (secondary N) is 2. The topological polar surface area (TPSA) is 96.9 Å². The van der Waals surface area contributed by atoms with Crippen molar-refractivity contribution in [2.24, 2.45) is 5.10 Å². The van der Waals surface area contributed by atoms with E-state index in [1.807, 2.05) is 26.0 Å². The Morgan fingerprint density at radius 1 is 0.879 bits per heavy atom. The first-order chi connectivity index (χ1) is 15.7. The normalized spacial score (nSPS) is 11.0. The second kappa shape index (κ2) is 10.7. The van der Waals surface area contributed by atoms with E-state index in [-0.39, 0.29) is 0 Å². The molecule has 3 aromatic rings. The van der Waals surface area contributed by atoms with Gasteiger partial charge in [-0.25, -0.2) is 10.2 Å². The molecule has 3 aromatic carbocycles. The zero-order chi connectivity index (χ0) is 24.0. The number of halogens is 1. The third-order valence-electron chi connectivity index (χ3n) is 4.70. The number of hydrazone groups is 1. The molecule has 0 saturated carbocycles. The molecule has 0 spiro atoms. The number of hydrogen-bond acceptors (Lipinski definition) is 5. The summed E-state index contributed by atoms with van der Waals surface area (Å²) in [6.45, 7) is 5.41. The Balaban J connectivity index is 1.58. The highest BCUT2D eigenvalue weighted by Gasteiger charge is 2.15. The minimum atomic E-state index is -0.889. The Bertz CT molecular complexity index is 1240. The average molecular weight is 508 g/mol. The molecule has 2 amide bonds. The molecule has 0 aliphatic heterocycles. The maximum absolute atomic E-state index is 12.3. The van der Waals surface area contributed by atoms with Crippen LogP contribution in [0.15, 0.2) is 76.3 Å². The van der Waals surface area contributed by atoms with E-state index in [9.17, 15) is 14.4 Å². The van der Waals surface area contributed by atoms with Crippen molar-refractivity contribution in [3.8, 4) is 5.75 Å². The van der Waals surface area contributed by atoms with Gasteiger partial charge in [-0.1, -0.05) is 33.6 Å². The van der Waals surface area contributed by atoms with Crippen molar-refractivity contribution in [2.45, 2.75) is 20.8 Å². The van der Waals surface area contributed by atoms with Crippen LogP contribution in [0.3, 0.4) is 0 Å². The van der Waals surface area contributed by atoms with Crippen molar-refractivity contribution >= 4 is 45.1 Å². The molecule has 168 valence electrons. The summed E-state index contributed by atoms with van der Waals surface area (Å²) < 4.78 is 6.26. The first-order valence-electron chi connectivity index (χ1n) is 10.0. The number of amides is 2. The van der Waals surface area contributed by atoms with Crippen LogP contribution in [0.4, 0.5) is 5.69 Å². The van der Waals surface area contributed by atoms with E-state index in [2.05, 4.69) is 31.8 Å². The molecule has 7 nitrogen and oxygen atoms in total. The lowest BCUT2D eigenvalue weighted by Gasteiger charge is -2.08. The quantitative estimate of drug-likeness (QED) is 0.171. The molecule has 0 unspecified atom stereocenters. The minimum Gasteiger partial charge on any atom is -0.423 e. The molecule has 0 bridgehead atoms. The molecule has 0 atom stereocenters. The van der Waals surface area contributed by atoms with Crippen LogP contribution in [0, 0.1) is 13.8 Å². The summed E-state index contributed by atoms with van der Waals surface area (Å²) in [7, 11) is 0. The zero-order valence-electron chi connectivity index (χ0n) is 18.3. The highest BCUT2D eigenvalue weighted by molar-refractivity contribution is 9.10. The lowest BCUT2D eigenvalue weighted by atomic mass is 10.1. The Morgan fingerprint density at radius 3 is 2.27 bits per heavy atom. The van der Waals surface area contributed by atoms with Crippen LogP contribution >= 0.6 is 15.9 Å². The van der Waals surface area contributed by atoms with Crippen LogP contribution in [0.5, 0.6) is 5.75 Å². The Morgan fingerprint density at radius 2 is 1.61 bits per heavy atom. The smallest absolute Gasteiger partial charge is 0.343 e. The van der Waals surface area contributed by atoms with Gasteiger partial charge in [-0.3, -0.25) is 9.59 Å². The standard InChI is InChI=1S/C25H22BrN3O4/c1-15-5-4-6-19(13-15)25(32)33-21-10-7-18(8-11-21)17(3)28-29-24(31)23(30)27-22-12-9-20(26)14-16(22)2/h4-14H,1-3H3,(H,27,30)(H,29,31)/b28-17+. The van der Waals surface area contributed by atoms with E-state index < -0.39 is 17.8 Å². The summed E-state index contributed by atoms with van der Waals surface area (Å²) in [5.74, 6) is -1.78. The van der Waals surface area contributed by atoms with Gasteiger partial charge >= 0.3 is 17.8 Å². The van der Waals surface area contributed by atoms with Gasteiger partial charge in [0, 0.05) is 10.2 Å². The SMILES string of the molecule is C/C(=N\NC(=O)C(=O)Nc1ccc(Br)cc1C)c1ccc(OC(=O)c2cccc(C)c2)cc1. The fourth-order valence-corrected chi connectivity index (χ4v) is 3.37. The molecule has 0 aliphatic carbocycles. The fraction of sp³-hybridized carbons (Fsp3) is 0.120. The van der Waals surface area contributed by atoms with E-state index in [1.54, 1.807) is 61.5 Å². The minimum absolute atomic E-state index is 0.381. The van der Waals surface area contributed by atoms with Crippen LogP contribution < -0.4 is 15.5 Å². The molecule has 0 aromatic heterocycles. The number of carbonyl (C=O) groups is 3. The highest BCUT2D eigenvalue weighted by Crippen LogP contribution is 2.20. The molecular formula is C25H22BrN3O4. The molecule has 0 saturated heterocycles.